The van der Waals surface area contributed by atoms with E-state index in [1.807, 2.05) is 11.8 Å². The van der Waals surface area contributed by atoms with E-state index in [4.69, 9.17) is 5.11 Å². The first-order chi connectivity index (χ1) is 10.8. The largest absolute Gasteiger partial charge is 0.416 e. The average Bonchev–Trinajstić information content (AvgIpc) is 2.82. The Morgan fingerprint density at radius 1 is 1.54 bits per heavy atom. The number of halogens is 4. The number of hydrogen-bond donors (Lipinski definition) is 3. The zero-order valence-corrected chi connectivity index (χ0v) is 15.9. The van der Waals surface area contributed by atoms with Gasteiger partial charge in [0.2, 0.25) is 5.91 Å². The number of aliphatic hydroxyl groups excluding tert-OH is 1. The lowest BCUT2D eigenvalue weighted by atomic mass is 9.79. The van der Waals surface area contributed by atoms with Crippen molar-refractivity contribution in [3.05, 3.63) is 0 Å². The highest BCUT2D eigenvalue weighted by Gasteiger charge is 2.42. The van der Waals surface area contributed by atoms with Gasteiger partial charge in [0.05, 0.1) is 6.54 Å². The number of nitrogens with zero attached hydrogens (tertiary/aromatic N) is 2. The minimum absolute atomic E-state index is 0. The molecule has 0 bridgehead atoms. The van der Waals surface area contributed by atoms with Crippen molar-refractivity contribution in [2.75, 3.05) is 32.7 Å². The van der Waals surface area contributed by atoms with Gasteiger partial charge in [-0.25, -0.2) is 0 Å². The molecule has 0 radical (unpaired) electrons. The monoisotopic (exact) mass is 464 g/mol. The van der Waals surface area contributed by atoms with Crippen molar-refractivity contribution in [2.24, 2.45) is 10.4 Å². The van der Waals surface area contributed by atoms with Gasteiger partial charge in [-0.05, 0) is 19.8 Å². The Kier molecular flexibility index (Phi) is 7.57. The van der Waals surface area contributed by atoms with Gasteiger partial charge in [-0.1, -0.05) is 0 Å². The van der Waals surface area contributed by atoms with Crippen LogP contribution in [0.15, 0.2) is 4.99 Å². The summed E-state index contributed by atoms with van der Waals surface area (Å²) in [5, 5.41) is 14.9. The molecule has 0 aromatic heterocycles. The molecule has 3 N–H and O–H groups in total. The number of guanidine groups is 1. The minimum Gasteiger partial charge on any atom is -0.382 e. The number of aliphatic hydroxyl groups is 1. The Bertz CT molecular complexity index is 475. The van der Waals surface area contributed by atoms with Gasteiger partial charge in [-0.15, -0.1) is 24.0 Å². The molecule has 24 heavy (non-hydrogen) atoms. The normalized spacial score (nSPS) is 26.1. The van der Waals surface area contributed by atoms with E-state index in [0.29, 0.717) is 38.6 Å². The molecule has 0 saturated carbocycles. The van der Waals surface area contributed by atoms with Gasteiger partial charge in [0.1, 0.15) is 0 Å². The maximum Gasteiger partial charge on any atom is 0.416 e. The Labute approximate surface area is 156 Å². The van der Waals surface area contributed by atoms with E-state index in [1.165, 1.54) is 0 Å². The van der Waals surface area contributed by atoms with E-state index in [9.17, 15) is 18.0 Å². The smallest absolute Gasteiger partial charge is 0.382 e. The molecule has 6 nitrogen and oxygen atoms in total. The summed E-state index contributed by atoms with van der Waals surface area (Å²) < 4.78 is 37.2. The van der Waals surface area contributed by atoms with Crippen LogP contribution >= 0.6 is 24.0 Å². The van der Waals surface area contributed by atoms with Gasteiger partial charge in [0.25, 0.3) is 0 Å². The summed E-state index contributed by atoms with van der Waals surface area (Å²) in [6, 6.07) is 0. The van der Waals surface area contributed by atoms with Crippen molar-refractivity contribution in [1.29, 1.82) is 0 Å². The van der Waals surface area contributed by atoms with Crippen molar-refractivity contribution >= 4 is 35.8 Å². The van der Waals surface area contributed by atoms with E-state index in [0.717, 1.165) is 12.8 Å². The van der Waals surface area contributed by atoms with E-state index < -0.39 is 18.8 Å². The number of carbonyl (C=O) groups excluding carboxylic acids is 1. The molecule has 2 rings (SSSR count). The maximum absolute atomic E-state index is 12.4. The first kappa shape index (κ1) is 21.3. The van der Waals surface area contributed by atoms with Gasteiger partial charge >= 0.3 is 6.18 Å². The molecule has 2 fully saturated rings. The molecule has 1 spiro atoms. The first-order valence-corrected chi connectivity index (χ1v) is 7.80. The van der Waals surface area contributed by atoms with Crippen LogP contribution in [0, 0.1) is 5.41 Å². The Balaban J connectivity index is 0.00000288. The third kappa shape index (κ3) is 5.36. The average molecular weight is 464 g/mol. The van der Waals surface area contributed by atoms with Crippen molar-refractivity contribution in [3.63, 3.8) is 0 Å². The maximum atomic E-state index is 12.4. The van der Waals surface area contributed by atoms with E-state index in [2.05, 4.69) is 15.6 Å². The fraction of sp³-hybridized carbons (Fsp3) is 0.857. The highest BCUT2D eigenvalue weighted by Crippen LogP contribution is 2.36. The van der Waals surface area contributed by atoms with Gasteiger partial charge in [0, 0.05) is 38.0 Å². The van der Waals surface area contributed by atoms with Gasteiger partial charge < -0.3 is 20.6 Å². The molecule has 2 aliphatic heterocycles. The fourth-order valence-corrected chi connectivity index (χ4v) is 3.13. The van der Waals surface area contributed by atoms with Crippen LogP contribution in [0.4, 0.5) is 13.2 Å². The second-order valence-corrected chi connectivity index (χ2v) is 6.23. The minimum atomic E-state index is -4.67. The number of hydrogen-bond acceptors (Lipinski definition) is 3. The van der Waals surface area contributed by atoms with E-state index in [-0.39, 0.29) is 35.3 Å². The summed E-state index contributed by atoms with van der Waals surface area (Å²) in [6.07, 6.45) is -4.95. The van der Waals surface area contributed by atoms with Crippen LogP contribution in [-0.4, -0.2) is 66.9 Å². The van der Waals surface area contributed by atoms with Crippen molar-refractivity contribution in [2.45, 2.75) is 38.5 Å². The second kappa shape index (κ2) is 8.54. The molecule has 140 valence electrons. The molecule has 2 heterocycles. The SMILES string of the molecule is CCNC(=NCC(O)C(F)(F)F)N1CCCC2(CNC(=O)C2)C1.I. The molecule has 0 aromatic carbocycles. The first-order valence-electron chi connectivity index (χ1n) is 7.80. The topological polar surface area (TPSA) is 77.0 Å². The van der Waals surface area contributed by atoms with Crippen molar-refractivity contribution < 1.29 is 23.1 Å². The molecule has 2 saturated heterocycles. The number of carbonyl (C=O) groups is 1. The third-order valence-electron chi connectivity index (χ3n) is 4.28. The summed E-state index contributed by atoms with van der Waals surface area (Å²) in [6.45, 7) is 3.45. The number of aliphatic imine (C=N–C) groups is 1. The van der Waals surface area contributed by atoms with Crippen LogP contribution in [0.25, 0.3) is 0 Å². The van der Waals surface area contributed by atoms with Crippen LogP contribution < -0.4 is 10.6 Å². The Morgan fingerprint density at radius 3 is 2.79 bits per heavy atom. The molecule has 0 aromatic rings. The summed E-state index contributed by atoms with van der Waals surface area (Å²) in [5.74, 6) is 0.371. The van der Waals surface area contributed by atoms with Crippen molar-refractivity contribution in [1.82, 2.24) is 15.5 Å². The highest BCUT2D eigenvalue weighted by molar-refractivity contribution is 14.0. The number of nitrogens with one attached hydrogen (secondary N) is 2. The number of piperidine rings is 1. The molecule has 1 amide bonds. The zero-order valence-electron chi connectivity index (χ0n) is 13.5. The lowest BCUT2D eigenvalue weighted by Crippen LogP contribution is -2.51. The summed E-state index contributed by atoms with van der Waals surface area (Å²) >= 11 is 0. The molecule has 2 unspecified atom stereocenters. The van der Waals surface area contributed by atoms with Crippen LogP contribution in [0.5, 0.6) is 0 Å². The van der Waals surface area contributed by atoms with Crippen LogP contribution in [0.2, 0.25) is 0 Å². The molecular formula is C14H24F3IN4O2. The van der Waals surface area contributed by atoms with Crippen LogP contribution in [-0.2, 0) is 4.79 Å². The molecule has 2 aliphatic rings. The zero-order chi connectivity index (χ0) is 17.1. The fourth-order valence-electron chi connectivity index (χ4n) is 3.13. The highest BCUT2D eigenvalue weighted by atomic mass is 127. The molecule has 10 heteroatoms. The van der Waals surface area contributed by atoms with Crippen molar-refractivity contribution in [3.8, 4) is 0 Å². The predicted octanol–water partition coefficient (Wildman–Crippen LogP) is 1.10. The van der Waals surface area contributed by atoms with Gasteiger partial charge in [-0.3, -0.25) is 9.79 Å². The summed E-state index contributed by atoms with van der Waals surface area (Å²) in [7, 11) is 0. The lowest BCUT2D eigenvalue weighted by molar-refractivity contribution is -0.199. The van der Waals surface area contributed by atoms with E-state index >= 15 is 0 Å². The van der Waals surface area contributed by atoms with Gasteiger partial charge in [0.15, 0.2) is 12.1 Å². The van der Waals surface area contributed by atoms with Gasteiger partial charge in [-0.2, -0.15) is 13.2 Å². The Hall–Kier alpha value is -0.780. The van der Waals surface area contributed by atoms with Crippen LogP contribution in [0.3, 0.4) is 0 Å². The molecule has 2 atom stereocenters. The quantitative estimate of drug-likeness (QED) is 0.332. The predicted molar refractivity (Wildman–Crippen MR) is 94.3 cm³/mol. The third-order valence-corrected chi connectivity index (χ3v) is 4.28. The summed E-state index contributed by atoms with van der Waals surface area (Å²) in [4.78, 5) is 17.3. The molecule has 0 aliphatic carbocycles. The number of likely N-dealkylation sites (tertiary alicyclic amines) is 1. The number of rotatable bonds is 3. The Morgan fingerprint density at radius 2 is 2.25 bits per heavy atom. The number of alkyl halides is 3. The standard InChI is InChI=1S/C14H23F3N4O2.HI/c1-2-18-12(19-7-10(22)14(15,16)17)21-5-3-4-13(9-21)6-11(23)20-8-13;/h10,22H,2-9H2,1H3,(H,18,19)(H,20,23);1H. The van der Waals surface area contributed by atoms with Crippen LogP contribution in [0.1, 0.15) is 26.2 Å². The molecular weight excluding hydrogens is 440 g/mol. The summed E-state index contributed by atoms with van der Waals surface area (Å²) in [5.41, 5.74) is -0.172. The second-order valence-electron chi connectivity index (χ2n) is 6.23. The van der Waals surface area contributed by atoms with E-state index in [1.54, 1.807) is 0 Å². The number of amides is 1. The lowest BCUT2D eigenvalue weighted by Gasteiger charge is -2.40.